The van der Waals surface area contributed by atoms with Crippen LogP contribution in [0.1, 0.15) is 45.9 Å². The number of primary amides is 1. The predicted molar refractivity (Wildman–Crippen MR) is 127 cm³/mol. The minimum absolute atomic E-state index is 0.118. The molecule has 1 aromatic carbocycles. The Morgan fingerprint density at radius 1 is 1.11 bits per heavy atom. The lowest BCUT2D eigenvalue weighted by molar-refractivity contribution is -0.130. The van der Waals surface area contributed by atoms with Crippen molar-refractivity contribution in [2.45, 2.75) is 25.7 Å². The van der Waals surface area contributed by atoms with Crippen LogP contribution >= 0.6 is 0 Å². The summed E-state index contributed by atoms with van der Waals surface area (Å²) in [6.07, 6.45) is 4.19. The maximum Gasteiger partial charge on any atom is 0.339 e. The number of H-pyrrole nitrogens is 1. The Bertz CT molecular complexity index is 1270. The van der Waals surface area contributed by atoms with Gasteiger partial charge in [0, 0.05) is 32.1 Å². The van der Waals surface area contributed by atoms with Crippen molar-refractivity contribution in [2.24, 2.45) is 5.73 Å². The molecule has 0 aliphatic carbocycles. The van der Waals surface area contributed by atoms with Crippen LogP contribution in [-0.4, -0.2) is 64.9 Å². The number of fused-ring (bicyclic) bond motifs is 1. The van der Waals surface area contributed by atoms with Crippen molar-refractivity contribution in [3.05, 3.63) is 64.0 Å². The SMILES string of the molecule is COC(=O)c1ccc(C(N)=O)nc1.COc1cccc2c(=O)[nH]c(CCC(=O)N3CCCC3)nc12. The van der Waals surface area contributed by atoms with E-state index in [1.54, 1.807) is 25.3 Å². The lowest BCUT2D eigenvalue weighted by Gasteiger charge is -2.14. The standard InChI is InChI=1S/C16H19N3O3.C8H8N2O3/c1-22-12-6-4-5-11-15(12)17-13(18-16(11)21)7-8-14(20)19-9-2-3-10-19;1-13-8(12)5-2-3-6(7(9)11)10-4-5/h4-6H,2-3,7-10H2,1H3,(H,17,18,21);2-4H,1H3,(H2,9,11). The Kier molecular flexibility index (Phi) is 8.49. The van der Waals surface area contributed by atoms with E-state index in [4.69, 9.17) is 10.5 Å². The molecule has 0 atom stereocenters. The molecule has 11 heteroatoms. The molecule has 3 aromatic rings. The van der Waals surface area contributed by atoms with Gasteiger partial charge in [0.2, 0.25) is 5.91 Å². The Morgan fingerprint density at radius 2 is 1.86 bits per heavy atom. The Labute approximate surface area is 201 Å². The smallest absolute Gasteiger partial charge is 0.339 e. The van der Waals surface area contributed by atoms with Crippen LogP contribution in [0.5, 0.6) is 5.75 Å². The molecule has 0 unspecified atom stereocenters. The summed E-state index contributed by atoms with van der Waals surface area (Å²) in [6, 6.07) is 8.04. The molecule has 1 saturated heterocycles. The molecule has 4 rings (SSSR count). The molecule has 1 aliphatic rings. The molecule has 0 bridgehead atoms. The van der Waals surface area contributed by atoms with Gasteiger partial charge >= 0.3 is 5.97 Å². The number of para-hydroxylation sites is 1. The van der Waals surface area contributed by atoms with Crippen LogP contribution in [0.2, 0.25) is 0 Å². The number of amides is 2. The maximum atomic E-state index is 12.1. The van der Waals surface area contributed by atoms with Crippen LogP contribution in [-0.2, 0) is 16.0 Å². The minimum Gasteiger partial charge on any atom is -0.494 e. The van der Waals surface area contributed by atoms with Crippen molar-refractivity contribution in [3.63, 3.8) is 0 Å². The van der Waals surface area contributed by atoms with E-state index >= 15 is 0 Å². The normalized spacial score (nSPS) is 12.6. The monoisotopic (exact) mass is 481 g/mol. The van der Waals surface area contributed by atoms with E-state index < -0.39 is 11.9 Å². The molecular weight excluding hydrogens is 454 g/mol. The number of esters is 1. The summed E-state index contributed by atoms with van der Waals surface area (Å²) in [5, 5.41) is 0.494. The highest BCUT2D eigenvalue weighted by molar-refractivity contribution is 5.93. The number of aromatic amines is 1. The summed E-state index contributed by atoms with van der Waals surface area (Å²) >= 11 is 0. The lowest BCUT2D eigenvalue weighted by Crippen LogP contribution is -2.28. The first-order valence-corrected chi connectivity index (χ1v) is 11.0. The fourth-order valence-corrected chi connectivity index (χ4v) is 3.59. The number of nitrogens with one attached hydrogen (secondary N) is 1. The number of likely N-dealkylation sites (tertiary alicyclic amines) is 1. The van der Waals surface area contributed by atoms with Crippen molar-refractivity contribution < 1.29 is 23.9 Å². The molecule has 184 valence electrons. The van der Waals surface area contributed by atoms with Gasteiger partial charge in [-0.05, 0) is 37.1 Å². The number of pyridine rings is 1. The van der Waals surface area contributed by atoms with Gasteiger partial charge in [0.25, 0.3) is 11.5 Å². The van der Waals surface area contributed by atoms with E-state index in [0.29, 0.717) is 35.3 Å². The van der Waals surface area contributed by atoms with Crippen molar-refractivity contribution in [1.29, 1.82) is 0 Å². The zero-order valence-corrected chi connectivity index (χ0v) is 19.6. The Balaban J connectivity index is 0.000000225. The van der Waals surface area contributed by atoms with Crippen LogP contribution in [0.15, 0.2) is 41.3 Å². The third-order valence-electron chi connectivity index (χ3n) is 5.44. The number of aryl methyl sites for hydroxylation is 1. The zero-order chi connectivity index (χ0) is 25.4. The van der Waals surface area contributed by atoms with Gasteiger partial charge in [-0.3, -0.25) is 19.4 Å². The summed E-state index contributed by atoms with van der Waals surface area (Å²) in [5.41, 5.74) is 5.70. The average molecular weight is 482 g/mol. The Morgan fingerprint density at radius 3 is 2.46 bits per heavy atom. The largest absolute Gasteiger partial charge is 0.494 e. The molecule has 3 heterocycles. The quantitative estimate of drug-likeness (QED) is 0.501. The first kappa shape index (κ1) is 25.3. The summed E-state index contributed by atoms with van der Waals surface area (Å²) in [7, 11) is 2.82. The average Bonchev–Trinajstić information content (AvgIpc) is 3.42. The number of nitrogens with zero attached hydrogens (tertiary/aromatic N) is 3. The van der Waals surface area contributed by atoms with E-state index in [1.807, 2.05) is 4.90 Å². The zero-order valence-electron chi connectivity index (χ0n) is 19.6. The topological polar surface area (TPSA) is 158 Å². The number of benzene rings is 1. The van der Waals surface area contributed by atoms with Crippen molar-refractivity contribution in [2.75, 3.05) is 27.3 Å². The molecule has 35 heavy (non-hydrogen) atoms. The third-order valence-corrected chi connectivity index (χ3v) is 5.44. The number of carbonyl (C=O) groups excluding carboxylic acids is 3. The van der Waals surface area contributed by atoms with E-state index in [-0.39, 0.29) is 22.7 Å². The number of hydrogen-bond acceptors (Lipinski definition) is 8. The summed E-state index contributed by atoms with van der Waals surface area (Å²) in [6.45, 7) is 1.68. The second-order valence-electron chi connectivity index (χ2n) is 7.74. The van der Waals surface area contributed by atoms with Gasteiger partial charge in [0.1, 0.15) is 22.8 Å². The second-order valence-corrected chi connectivity index (χ2v) is 7.74. The first-order valence-electron chi connectivity index (χ1n) is 11.0. The highest BCUT2D eigenvalue weighted by Crippen LogP contribution is 2.21. The predicted octanol–water partition coefficient (Wildman–Crippen LogP) is 1.45. The molecule has 11 nitrogen and oxygen atoms in total. The summed E-state index contributed by atoms with van der Waals surface area (Å²) in [5.74, 6) is 0.0884. The van der Waals surface area contributed by atoms with E-state index in [1.165, 1.54) is 25.4 Å². The molecule has 0 spiro atoms. The second kappa shape index (κ2) is 11.7. The van der Waals surface area contributed by atoms with E-state index in [9.17, 15) is 19.2 Å². The van der Waals surface area contributed by atoms with Crippen molar-refractivity contribution in [1.82, 2.24) is 19.9 Å². The van der Waals surface area contributed by atoms with Gasteiger partial charge in [0.15, 0.2) is 0 Å². The van der Waals surface area contributed by atoms with Gasteiger partial charge in [0.05, 0.1) is 25.2 Å². The first-order chi connectivity index (χ1) is 16.8. The third kappa shape index (κ3) is 6.40. The van der Waals surface area contributed by atoms with Crippen LogP contribution in [0.25, 0.3) is 10.9 Å². The fourth-order valence-electron chi connectivity index (χ4n) is 3.59. The molecule has 0 radical (unpaired) electrons. The van der Waals surface area contributed by atoms with Gasteiger partial charge in [-0.25, -0.2) is 9.78 Å². The minimum atomic E-state index is -0.628. The van der Waals surface area contributed by atoms with Crippen LogP contribution in [0.4, 0.5) is 0 Å². The highest BCUT2D eigenvalue weighted by atomic mass is 16.5. The number of carbonyl (C=O) groups is 3. The number of aromatic nitrogens is 3. The van der Waals surface area contributed by atoms with Gasteiger partial charge in [-0.15, -0.1) is 0 Å². The lowest BCUT2D eigenvalue weighted by atomic mass is 10.2. The fraction of sp³-hybridized carbons (Fsp3) is 0.333. The molecule has 2 aromatic heterocycles. The van der Waals surface area contributed by atoms with Crippen LogP contribution < -0.4 is 16.0 Å². The van der Waals surface area contributed by atoms with Gasteiger partial charge < -0.3 is 25.1 Å². The van der Waals surface area contributed by atoms with E-state index in [2.05, 4.69) is 19.7 Å². The number of nitrogens with two attached hydrogens (primary N) is 1. The summed E-state index contributed by atoms with van der Waals surface area (Å²) < 4.78 is 9.70. The van der Waals surface area contributed by atoms with Crippen LogP contribution in [0, 0.1) is 0 Å². The van der Waals surface area contributed by atoms with Gasteiger partial charge in [-0.1, -0.05) is 6.07 Å². The number of methoxy groups -OCH3 is 2. The van der Waals surface area contributed by atoms with Crippen molar-refractivity contribution in [3.8, 4) is 5.75 Å². The molecule has 3 N–H and O–H groups in total. The van der Waals surface area contributed by atoms with Crippen molar-refractivity contribution >= 4 is 28.7 Å². The summed E-state index contributed by atoms with van der Waals surface area (Å²) in [4.78, 5) is 58.5. The molecule has 2 amide bonds. The highest BCUT2D eigenvalue weighted by Gasteiger charge is 2.18. The molecule has 1 aliphatic heterocycles. The number of ether oxygens (including phenoxy) is 2. The Hall–Kier alpha value is -4.28. The molecule has 0 saturated carbocycles. The van der Waals surface area contributed by atoms with E-state index in [0.717, 1.165) is 25.9 Å². The van der Waals surface area contributed by atoms with Gasteiger partial charge in [-0.2, -0.15) is 0 Å². The van der Waals surface area contributed by atoms with Crippen LogP contribution in [0.3, 0.4) is 0 Å². The molecule has 1 fully saturated rings. The number of rotatable bonds is 6. The maximum absolute atomic E-state index is 12.1. The number of hydrogen-bond donors (Lipinski definition) is 2. The molecular formula is C24H27N5O6.